The van der Waals surface area contributed by atoms with Crippen molar-refractivity contribution in [1.82, 2.24) is 0 Å². The predicted octanol–water partition coefficient (Wildman–Crippen LogP) is 7.39. The van der Waals surface area contributed by atoms with E-state index >= 15 is 0 Å². The van der Waals surface area contributed by atoms with Gasteiger partial charge in [-0.2, -0.15) is 10.5 Å². The first-order valence-corrected chi connectivity index (χ1v) is 11.6. The lowest BCUT2D eigenvalue weighted by atomic mass is 10.0. The molecule has 0 radical (unpaired) electrons. The fourth-order valence-electron chi connectivity index (χ4n) is 3.95. The fraction of sp³-hybridized carbons (Fsp3) is 0.161. The van der Waals surface area contributed by atoms with Gasteiger partial charge in [0.25, 0.3) is 0 Å². The van der Waals surface area contributed by atoms with E-state index in [4.69, 9.17) is 20.0 Å². The van der Waals surface area contributed by atoms with E-state index < -0.39 is 0 Å². The molecule has 0 unspecified atom stereocenters. The van der Waals surface area contributed by atoms with E-state index in [9.17, 15) is 0 Å². The molecule has 0 amide bonds. The molecule has 4 rings (SSSR count). The maximum Gasteiger partial charge on any atom is 0.119 e. The minimum atomic E-state index is -0.0105. The van der Waals surface area contributed by atoms with Gasteiger partial charge in [-0.1, -0.05) is 48.5 Å². The molecule has 0 aliphatic carbocycles. The Morgan fingerprint density at radius 3 is 1.09 bits per heavy atom. The molecule has 0 aliphatic rings. The molecule has 0 fully saturated rings. The molecule has 0 heterocycles. The van der Waals surface area contributed by atoms with Gasteiger partial charge in [-0.15, -0.1) is 0 Å². The van der Waals surface area contributed by atoms with Crippen molar-refractivity contribution in [3.05, 3.63) is 108 Å². The minimum absolute atomic E-state index is 0.0105. The van der Waals surface area contributed by atoms with Crippen LogP contribution >= 0.6 is 0 Å². The van der Waals surface area contributed by atoms with E-state index in [-0.39, 0.29) is 12.2 Å². The standard InChI is InChI=1S/C31H26N2O2/c1-22(34-30-15-11-28(12-16-30)26-7-3-24(20-32)4-8-26)19-23(2)35-31-17-13-29(14-18-31)27-9-5-25(21-33)6-10-27/h3-18,22-23H,19H2,1-2H3/t22-,23-/m0/s1. The number of nitrogens with zero attached hydrogens (tertiary/aromatic N) is 2. The first-order valence-electron chi connectivity index (χ1n) is 11.6. The number of hydrogen-bond donors (Lipinski definition) is 0. The summed E-state index contributed by atoms with van der Waals surface area (Å²) in [4.78, 5) is 0. The number of hydrogen-bond acceptors (Lipinski definition) is 4. The Hall–Kier alpha value is -4.54. The Morgan fingerprint density at radius 1 is 0.514 bits per heavy atom. The van der Waals surface area contributed by atoms with Crippen LogP contribution in [-0.2, 0) is 0 Å². The minimum Gasteiger partial charge on any atom is -0.491 e. The van der Waals surface area contributed by atoms with Gasteiger partial charge in [-0.3, -0.25) is 0 Å². The third-order valence-corrected chi connectivity index (χ3v) is 5.74. The Balaban J connectivity index is 1.29. The lowest BCUT2D eigenvalue weighted by Gasteiger charge is -2.20. The van der Waals surface area contributed by atoms with Crippen LogP contribution in [0, 0.1) is 22.7 Å². The van der Waals surface area contributed by atoms with E-state index in [1.807, 2.05) is 111 Å². The molecule has 0 bridgehead atoms. The summed E-state index contributed by atoms with van der Waals surface area (Å²) >= 11 is 0. The summed E-state index contributed by atoms with van der Waals surface area (Å²) in [7, 11) is 0. The van der Waals surface area contributed by atoms with E-state index in [1.165, 1.54) is 0 Å². The third-order valence-electron chi connectivity index (χ3n) is 5.74. The highest BCUT2D eigenvalue weighted by atomic mass is 16.5. The van der Waals surface area contributed by atoms with Crippen LogP contribution in [0.25, 0.3) is 22.3 Å². The molecule has 0 aliphatic heterocycles. The van der Waals surface area contributed by atoms with Crippen molar-refractivity contribution in [3.63, 3.8) is 0 Å². The van der Waals surface area contributed by atoms with Crippen LogP contribution in [0.4, 0.5) is 0 Å². The molecular weight excluding hydrogens is 432 g/mol. The SMILES string of the molecule is C[C@@H](C[C@H](C)Oc1ccc(-c2ccc(C#N)cc2)cc1)Oc1ccc(-c2ccc(C#N)cc2)cc1. The van der Waals surface area contributed by atoms with Crippen LogP contribution in [0.3, 0.4) is 0 Å². The van der Waals surface area contributed by atoms with Crippen molar-refractivity contribution >= 4 is 0 Å². The number of ether oxygens (including phenoxy) is 2. The van der Waals surface area contributed by atoms with Gasteiger partial charge < -0.3 is 9.47 Å². The molecule has 172 valence electrons. The Morgan fingerprint density at radius 2 is 0.800 bits per heavy atom. The second-order valence-electron chi connectivity index (χ2n) is 8.52. The number of rotatable bonds is 8. The second kappa shape index (κ2) is 11.1. The van der Waals surface area contributed by atoms with E-state index in [0.29, 0.717) is 11.1 Å². The molecule has 4 aromatic rings. The molecule has 35 heavy (non-hydrogen) atoms. The predicted molar refractivity (Wildman–Crippen MR) is 138 cm³/mol. The summed E-state index contributed by atoms with van der Waals surface area (Å²) in [5.74, 6) is 1.63. The lowest BCUT2D eigenvalue weighted by molar-refractivity contribution is 0.131. The van der Waals surface area contributed by atoms with Gasteiger partial charge >= 0.3 is 0 Å². The Kier molecular flexibility index (Phi) is 7.46. The zero-order valence-electron chi connectivity index (χ0n) is 19.8. The van der Waals surface area contributed by atoms with Crippen LogP contribution in [0.1, 0.15) is 31.4 Å². The molecule has 0 aromatic heterocycles. The molecule has 4 nitrogen and oxygen atoms in total. The van der Waals surface area contributed by atoms with E-state index in [0.717, 1.165) is 40.2 Å². The van der Waals surface area contributed by atoms with Crippen molar-refractivity contribution in [2.45, 2.75) is 32.5 Å². The summed E-state index contributed by atoms with van der Waals surface area (Å²) in [5, 5.41) is 17.9. The zero-order valence-corrected chi connectivity index (χ0v) is 19.8. The highest BCUT2D eigenvalue weighted by Gasteiger charge is 2.12. The molecule has 0 saturated carbocycles. The van der Waals surface area contributed by atoms with Gasteiger partial charge in [-0.25, -0.2) is 0 Å². The van der Waals surface area contributed by atoms with Crippen LogP contribution < -0.4 is 9.47 Å². The fourth-order valence-corrected chi connectivity index (χ4v) is 3.95. The molecule has 4 heteroatoms. The van der Waals surface area contributed by atoms with Gasteiger partial charge in [0.05, 0.1) is 35.5 Å². The highest BCUT2D eigenvalue weighted by molar-refractivity contribution is 5.65. The lowest BCUT2D eigenvalue weighted by Crippen LogP contribution is -2.22. The molecule has 0 saturated heterocycles. The van der Waals surface area contributed by atoms with Gasteiger partial charge in [-0.05, 0) is 84.6 Å². The maximum atomic E-state index is 8.95. The van der Waals surface area contributed by atoms with Crippen molar-refractivity contribution in [1.29, 1.82) is 10.5 Å². The highest BCUT2D eigenvalue weighted by Crippen LogP contribution is 2.26. The zero-order chi connectivity index (χ0) is 24.6. The first kappa shape index (κ1) is 23.6. The number of benzene rings is 4. The quantitative estimate of drug-likeness (QED) is 0.276. The van der Waals surface area contributed by atoms with Crippen LogP contribution in [0.15, 0.2) is 97.1 Å². The van der Waals surface area contributed by atoms with Crippen molar-refractivity contribution in [3.8, 4) is 45.9 Å². The Labute approximate surface area is 206 Å². The maximum absolute atomic E-state index is 8.95. The van der Waals surface area contributed by atoms with Gasteiger partial charge in [0.1, 0.15) is 11.5 Å². The molecule has 2 atom stereocenters. The number of nitriles is 2. The normalized spacial score (nSPS) is 12.1. The smallest absolute Gasteiger partial charge is 0.119 e. The third kappa shape index (κ3) is 6.28. The Bertz CT molecular complexity index is 1220. The second-order valence-corrected chi connectivity index (χ2v) is 8.52. The van der Waals surface area contributed by atoms with Gasteiger partial charge in [0.2, 0.25) is 0 Å². The van der Waals surface area contributed by atoms with Crippen LogP contribution in [-0.4, -0.2) is 12.2 Å². The average molecular weight is 459 g/mol. The molecular formula is C31H26N2O2. The monoisotopic (exact) mass is 458 g/mol. The van der Waals surface area contributed by atoms with Crippen molar-refractivity contribution < 1.29 is 9.47 Å². The molecule has 4 aromatic carbocycles. The first-order chi connectivity index (χ1) is 17.0. The average Bonchev–Trinajstić information content (AvgIpc) is 2.89. The van der Waals surface area contributed by atoms with Gasteiger partial charge in [0, 0.05) is 6.42 Å². The van der Waals surface area contributed by atoms with Crippen molar-refractivity contribution in [2.75, 3.05) is 0 Å². The van der Waals surface area contributed by atoms with E-state index in [2.05, 4.69) is 12.1 Å². The topological polar surface area (TPSA) is 66.0 Å². The van der Waals surface area contributed by atoms with Crippen LogP contribution in [0.2, 0.25) is 0 Å². The summed E-state index contributed by atoms with van der Waals surface area (Å²) < 4.78 is 12.2. The summed E-state index contributed by atoms with van der Waals surface area (Å²) in [6.45, 7) is 4.09. The molecule has 0 spiro atoms. The van der Waals surface area contributed by atoms with Gasteiger partial charge in [0.15, 0.2) is 0 Å². The van der Waals surface area contributed by atoms with Crippen molar-refractivity contribution in [2.24, 2.45) is 0 Å². The van der Waals surface area contributed by atoms with E-state index in [1.54, 1.807) is 0 Å². The largest absolute Gasteiger partial charge is 0.491 e. The van der Waals surface area contributed by atoms with Crippen LogP contribution in [0.5, 0.6) is 11.5 Å². The summed E-state index contributed by atoms with van der Waals surface area (Å²) in [5.41, 5.74) is 5.60. The molecule has 0 N–H and O–H groups in total. The summed E-state index contributed by atoms with van der Waals surface area (Å²) in [6.07, 6.45) is 0.724. The summed E-state index contributed by atoms with van der Waals surface area (Å²) in [6, 6.07) is 35.4.